The molecule has 1 aliphatic carbocycles. The first-order valence-corrected chi connectivity index (χ1v) is 8.75. The Hall–Kier alpha value is -1.95. The van der Waals surface area contributed by atoms with Gasteiger partial charge in [-0.2, -0.15) is 0 Å². The van der Waals surface area contributed by atoms with Gasteiger partial charge in [-0.1, -0.05) is 12.1 Å². The molecular weight excluding hydrogens is 323 g/mol. The number of likely N-dealkylation sites (tertiary alicyclic amines) is 1. The van der Waals surface area contributed by atoms with Gasteiger partial charge in [0.1, 0.15) is 5.82 Å². The Morgan fingerprint density at radius 1 is 1.24 bits per heavy atom. The summed E-state index contributed by atoms with van der Waals surface area (Å²) in [6, 6.07) is 6.21. The van der Waals surface area contributed by atoms with Gasteiger partial charge in [-0.15, -0.1) is 0 Å². The second-order valence-electron chi connectivity index (χ2n) is 7.16. The lowest BCUT2D eigenvalue weighted by atomic mass is 9.88. The average Bonchev–Trinajstić information content (AvgIpc) is 3.32. The van der Waals surface area contributed by atoms with Gasteiger partial charge >= 0.3 is 0 Å². The molecule has 2 fully saturated rings. The Morgan fingerprint density at radius 3 is 2.48 bits per heavy atom. The highest BCUT2D eigenvalue weighted by Gasteiger charge is 2.57. The van der Waals surface area contributed by atoms with Crippen molar-refractivity contribution in [1.82, 2.24) is 10.2 Å². The molecule has 0 radical (unpaired) electrons. The molecule has 1 aromatic carbocycles. The molecular formula is C19H25FN2O3. The summed E-state index contributed by atoms with van der Waals surface area (Å²) < 4.78 is 18.6. The fourth-order valence-corrected chi connectivity index (χ4v) is 4.07. The Labute approximate surface area is 147 Å². The highest BCUT2D eigenvalue weighted by atomic mass is 19.1. The number of ether oxygens (including phenoxy) is 1. The number of carbonyl (C=O) groups excluding carboxylic acids is 2. The van der Waals surface area contributed by atoms with E-state index in [1.54, 1.807) is 26.3 Å². The maximum Gasteiger partial charge on any atom is 0.233 e. The van der Waals surface area contributed by atoms with Crippen molar-refractivity contribution in [3.63, 3.8) is 0 Å². The minimum atomic E-state index is -0.596. The van der Waals surface area contributed by atoms with Crippen LogP contribution in [0.5, 0.6) is 0 Å². The number of hydrogen-bond donors (Lipinski definition) is 1. The van der Waals surface area contributed by atoms with Crippen molar-refractivity contribution in [2.45, 2.75) is 43.1 Å². The van der Waals surface area contributed by atoms with E-state index in [0.717, 1.165) is 31.2 Å². The minimum absolute atomic E-state index is 0.0394. The van der Waals surface area contributed by atoms with E-state index in [2.05, 4.69) is 5.32 Å². The zero-order valence-electron chi connectivity index (χ0n) is 14.8. The molecule has 5 nitrogen and oxygen atoms in total. The SMILES string of the molecule is CNC(=O)CC1(COC)CCCN1C(=O)C1(c2ccc(F)cc2)CC1. The number of amides is 2. The molecule has 1 aliphatic heterocycles. The number of halogens is 1. The molecule has 6 heteroatoms. The van der Waals surface area contributed by atoms with Gasteiger partial charge in [0.2, 0.25) is 11.8 Å². The van der Waals surface area contributed by atoms with Crippen LogP contribution in [0.25, 0.3) is 0 Å². The third-order valence-electron chi connectivity index (χ3n) is 5.58. The lowest BCUT2D eigenvalue weighted by molar-refractivity contribution is -0.142. The van der Waals surface area contributed by atoms with Crippen molar-refractivity contribution in [1.29, 1.82) is 0 Å². The van der Waals surface area contributed by atoms with E-state index in [-0.39, 0.29) is 24.1 Å². The van der Waals surface area contributed by atoms with E-state index < -0.39 is 11.0 Å². The monoisotopic (exact) mass is 348 g/mol. The Kier molecular flexibility index (Phi) is 4.82. The summed E-state index contributed by atoms with van der Waals surface area (Å²) in [5.74, 6) is -0.359. The molecule has 1 aromatic rings. The molecule has 2 aliphatic rings. The summed E-state index contributed by atoms with van der Waals surface area (Å²) in [6.45, 7) is 0.966. The summed E-state index contributed by atoms with van der Waals surface area (Å²) in [6.07, 6.45) is 3.36. The number of carbonyl (C=O) groups is 2. The van der Waals surface area contributed by atoms with Gasteiger partial charge in [-0.3, -0.25) is 9.59 Å². The Balaban J connectivity index is 1.89. The lowest BCUT2D eigenvalue weighted by Gasteiger charge is -2.39. The number of methoxy groups -OCH3 is 1. The van der Waals surface area contributed by atoms with Gasteiger partial charge in [0.15, 0.2) is 0 Å². The quantitative estimate of drug-likeness (QED) is 0.855. The molecule has 3 rings (SSSR count). The first kappa shape index (κ1) is 17.9. The second kappa shape index (κ2) is 6.75. The summed E-state index contributed by atoms with van der Waals surface area (Å²) >= 11 is 0. The van der Waals surface area contributed by atoms with Gasteiger partial charge in [0, 0.05) is 20.7 Å². The predicted molar refractivity (Wildman–Crippen MR) is 91.5 cm³/mol. The van der Waals surface area contributed by atoms with Crippen LogP contribution in [-0.2, 0) is 19.7 Å². The minimum Gasteiger partial charge on any atom is -0.382 e. The van der Waals surface area contributed by atoms with Gasteiger partial charge in [-0.25, -0.2) is 4.39 Å². The summed E-state index contributed by atoms with van der Waals surface area (Å²) in [4.78, 5) is 27.3. The van der Waals surface area contributed by atoms with Crippen LogP contribution in [0.15, 0.2) is 24.3 Å². The summed E-state index contributed by atoms with van der Waals surface area (Å²) in [5.41, 5.74) is -0.307. The molecule has 1 N–H and O–H groups in total. The summed E-state index contributed by atoms with van der Waals surface area (Å²) in [5, 5.41) is 2.65. The predicted octanol–water partition coefficient (Wildman–Crippen LogP) is 2.00. The van der Waals surface area contributed by atoms with Crippen LogP contribution in [0, 0.1) is 5.82 Å². The number of nitrogens with one attached hydrogen (secondary N) is 1. The Bertz CT molecular complexity index is 657. The smallest absolute Gasteiger partial charge is 0.233 e. The first-order valence-electron chi connectivity index (χ1n) is 8.75. The highest BCUT2D eigenvalue weighted by Crippen LogP contribution is 2.51. The molecule has 1 saturated carbocycles. The fourth-order valence-electron chi connectivity index (χ4n) is 4.07. The first-order chi connectivity index (χ1) is 12.0. The van der Waals surface area contributed by atoms with Gasteiger partial charge in [0.05, 0.1) is 24.0 Å². The maximum atomic E-state index is 13.4. The van der Waals surface area contributed by atoms with Crippen molar-refractivity contribution >= 4 is 11.8 Å². The van der Waals surface area contributed by atoms with Crippen LogP contribution in [0.4, 0.5) is 4.39 Å². The zero-order chi connectivity index (χ0) is 18.1. The molecule has 2 amide bonds. The van der Waals surface area contributed by atoms with Crippen LogP contribution >= 0.6 is 0 Å². The number of hydrogen-bond acceptors (Lipinski definition) is 3. The largest absolute Gasteiger partial charge is 0.382 e. The number of rotatable bonds is 6. The summed E-state index contributed by atoms with van der Waals surface area (Å²) in [7, 11) is 3.20. The fraction of sp³-hybridized carbons (Fsp3) is 0.579. The van der Waals surface area contributed by atoms with Crippen LogP contribution < -0.4 is 5.32 Å². The molecule has 0 spiro atoms. The molecule has 1 heterocycles. The Morgan fingerprint density at radius 2 is 1.92 bits per heavy atom. The molecule has 25 heavy (non-hydrogen) atoms. The molecule has 0 aromatic heterocycles. The average molecular weight is 348 g/mol. The second-order valence-corrected chi connectivity index (χ2v) is 7.16. The molecule has 1 unspecified atom stereocenters. The topological polar surface area (TPSA) is 58.6 Å². The van der Waals surface area contributed by atoms with Crippen molar-refractivity contribution in [3.05, 3.63) is 35.6 Å². The van der Waals surface area contributed by atoms with E-state index in [1.165, 1.54) is 12.1 Å². The third-order valence-corrected chi connectivity index (χ3v) is 5.58. The van der Waals surface area contributed by atoms with Crippen LogP contribution in [-0.4, -0.2) is 49.6 Å². The maximum absolute atomic E-state index is 13.4. The zero-order valence-corrected chi connectivity index (χ0v) is 14.8. The normalized spacial score (nSPS) is 24.2. The van der Waals surface area contributed by atoms with E-state index in [9.17, 15) is 14.0 Å². The molecule has 0 bridgehead atoms. The van der Waals surface area contributed by atoms with Crippen molar-refractivity contribution in [3.8, 4) is 0 Å². The van der Waals surface area contributed by atoms with Crippen LogP contribution in [0.3, 0.4) is 0 Å². The van der Waals surface area contributed by atoms with Gasteiger partial charge in [0.25, 0.3) is 0 Å². The van der Waals surface area contributed by atoms with Crippen LogP contribution in [0.1, 0.15) is 37.7 Å². The van der Waals surface area contributed by atoms with E-state index >= 15 is 0 Å². The van der Waals surface area contributed by atoms with Gasteiger partial charge < -0.3 is 15.0 Å². The van der Waals surface area contributed by atoms with Crippen molar-refractivity contribution < 1.29 is 18.7 Å². The van der Waals surface area contributed by atoms with E-state index in [1.807, 2.05) is 4.90 Å². The van der Waals surface area contributed by atoms with E-state index in [0.29, 0.717) is 13.2 Å². The number of benzene rings is 1. The lowest BCUT2D eigenvalue weighted by Crippen LogP contribution is -2.55. The van der Waals surface area contributed by atoms with Gasteiger partial charge in [-0.05, 0) is 43.4 Å². The third kappa shape index (κ3) is 3.15. The number of nitrogens with zero attached hydrogens (tertiary/aromatic N) is 1. The highest BCUT2D eigenvalue weighted by molar-refractivity contribution is 5.92. The molecule has 1 saturated heterocycles. The van der Waals surface area contributed by atoms with Crippen LogP contribution in [0.2, 0.25) is 0 Å². The van der Waals surface area contributed by atoms with Crippen molar-refractivity contribution in [2.24, 2.45) is 0 Å². The molecule has 1 atom stereocenters. The van der Waals surface area contributed by atoms with E-state index in [4.69, 9.17) is 4.74 Å². The molecule has 136 valence electrons. The van der Waals surface area contributed by atoms with Crippen molar-refractivity contribution in [2.75, 3.05) is 27.3 Å². The standard InChI is InChI=1S/C19H25FN2O3/c1-21-16(23)12-18(13-25-2)8-3-11-22(18)17(24)19(9-10-19)14-4-6-15(20)7-5-14/h4-7H,3,8-13H2,1-2H3,(H,21,23).